The molecule has 0 aliphatic rings. The van der Waals surface area contributed by atoms with Crippen LogP contribution in [-0.2, 0) is 11.2 Å². The molecule has 1 aromatic carbocycles. The second-order valence-corrected chi connectivity index (χ2v) is 4.14. The summed E-state index contributed by atoms with van der Waals surface area (Å²) in [5, 5.41) is 3.21. The van der Waals surface area contributed by atoms with Gasteiger partial charge in [0.15, 0.2) is 0 Å². The first-order valence-electron chi connectivity index (χ1n) is 6.15. The van der Waals surface area contributed by atoms with Gasteiger partial charge in [0.05, 0.1) is 13.7 Å². The Labute approximate surface area is 104 Å². The molecule has 1 N–H and O–H groups in total. The highest BCUT2D eigenvalue weighted by molar-refractivity contribution is 5.28. The zero-order valence-electron chi connectivity index (χ0n) is 11.0. The number of ether oxygens (including phenoxy) is 2. The smallest absolute Gasteiger partial charge is 0.119 e. The Kier molecular flexibility index (Phi) is 6.67. The zero-order valence-corrected chi connectivity index (χ0v) is 11.0. The molecule has 1 aromatic rings. The molecule has 0 bridgehead atoms. The van der Waals surface area contributed by atoms with Crippen molar-refractivity contribution in [1.82, 2.24) is 5.32 Å². The van der Waals surface area contributed by atoms with Gasteiger partial charge in [0.1, 0.15) is 5.75 Å². The highest BCUT2D eigenvalue weighted by atomic mass is 16.5. The van der Waals surface area contributed by atoms with Crippen molar-refractivity contribution >= 4 is 0 Å². The number of benzene rings is 1. The molecule has 1 rings (SSSR count). The van der Waals surface area contributed by atoms with Gasteiger partial charge in [-0.25, -0.2) is 0 Å². The van der Waals surface area contributed by atoms with Crippen LogP contribution in [0.25, 0.3) is 0 Å². The fourth-order valence-corrected chi connectivity index (χ4v) is 1.90. The average Bonchev–Trinajstić information content (AvgIpc) is 2.36. The standard InChI is InChI=1S/C14H23NO2/c1-4-17-11-13(10-15-2)8-12-6-5-7-14(9-12)16-3/h5-7,9,13,15H,4,8,10-11H2,1-3H3. The van der Waals surface area contributed by atoms with Crippen LogP contribution < -0.4 is 10.1 Å². The molecule has 0 fully saturated rings. The molecule has 0 aliphatic carbocycles. The average molecular weight is 237 g/mol. The van der Waals surface area contributed by atoms with E-state index in [1.807, 2.05) is 26.1 Å². The van der Waals surface area contributed by atoms with Crippen molar-refractivity contribution in [3.05, 3.63) is 29.8 Å². The van der Waals surface area contributed by atoms with E-state index in [4.69, 9.17) is 9.47 Å². The van der Waals surface area contributed by atoms with Crippen LogP contribution in [0.15, 0.2) is 24.3 Å². The Morgan fingerprint density at radius 1 is 1.35 bits per heavy atom. The van der Waals surface area contributed by atoms with Crippen LogP contribution >= 0.6 is 0 Å². The molecule has 0 heterocycles. The van der Waals surface area contributed by atoms with Crippen molar-refractivity contribution in [2.24, 2.45) is 5.92 Å². The molecule has 0 radical (unpaired) electrons. The predicted octanol–water partition coefficient (Wildman–Crippen LogP) is 2.11. The lowest BCUT2D eigenvalue weighted by atomic mass is 10.00. The molecular formula is C14H23NO2. The summed E-state index contributed by atoms with van der Waals surface area (Å²) in [5.41, 5.74) is 1.30. The van der Waals surface area contributed by atoms with E-state index in [1.54, 1.807) is 7.11 Å². The van der Waals surface area contributed by atoms with Gasteiger partial charge in [0.25, 0.3) is 0 Å². The van der Waals surface area contributed by atoms with Crippen LogP contribution in [-0.4, -0.2) is 33.9 Å². The minimum atomic E-state index is 0.507. The van der Waals surface area contributed by atoms with Gasteiger partial charge in [0, 0.05) is 13.2 Å². The van der Waals surface area contributed by atoms with E-state index >= 15 is 0 Å². The summed E-state index contributed by atoms with van der Waals surface area (Å²) in [6.07, 6.45) is 1.01. The quantitative estimate of drug-likeness (QED) is 0.751. The van der Waals surface area contributed by atoms with Gasteiger partial charge in [-0.1, -0.05) is 12.1 Å². The van der Waals surface area contributed by atoms with Crippen LogP contribution in [0.5, 0.6) is 5.75 Å². The SMILES string of the molecule is CCOCC(CNC)Cc1cccc(OC)c1. The summed E-state index contributed by atoms with van der Waals surface area (Å²) >= 11 is 0. The predicted molar refractivity (Wildman–Crippen MR) is 70.6 cm³/mol. The summed E-state index contributed by atoms with van der Waals surface area (Å²) in [5.74, 6) is 1.43. The second kappa shape index (κ2) is 8.09. The molecule has 3 heteroatoms. The number of nitrogens with one attached hydrogen (secondary N) is 1. The molecule has 0 amide bonds. The van der Waals surface area contributed by atoms with Gasteiger partial charge >= 0.3 is 0 Å². The summed E-state index contributed by atoms with van der Waals surface area (Å²) in [7, 11) is 3.68. The van der Waals surface area contributed by atoms with E-state index in [1.165, 1.54) is 5.56 Å². The molecule has 0 aromatic heterocycles. The number of methoxy groups -OCH3 is 1. The first-order chi connectivity index (χ1) is 8.30. The van der Waals surface area contributed by atoms with Gasteiger partial charge in [0.2, 0.25) is 0 Å². The third kappa shape index (κ3) is 5.20. The highest BCUT2D eigenvalue weighted by Crippen LogP contribution is 2.16. The molecule has 3 nitrogen and oxygen atoms in total. The van der Waals surface area contributed by atoms with Crippen molar-refractivity contribution in [1.29, 1.82) is 0 Å². The Hall–Kier alpha value is -1.06. The van der Waals surface area contributed by atoms with Crippen molar-refractivity contribution in [2.75, 3.05) is 33.9 Å². The monoisotopic (exact) mass is 237 g/mol. The summed E-state index contributed by atoms with van der Waals surface area (Å²) in [6.45, 7) is 4.58. The number of hydrogen-bond acceptors (Lipinski definition) is 3. The van der Waals surface area contributed by atoms with E-state index in [9.17, 15) is 0 Å². The summed E-state index contributed by atoms with van der Waals surface area (Å²) in [6, 6.07) is 8.23. The zero-order chi connectivity index (χ0) is 12.5. The first kappa shape index (κ1) is 14.0. The largest absolute Gasteiger partial charge is 0.497 e. The van der Waals surface area contributed by atoms with Gasteiger partial charge in [-0.05, 0) is 44.0 Å². The number of hydrogen-bond donors (Lipinski definition) is 1. The molecule has 0 aliphatic heterocycles. The molecule has 1 unspecified atom stereocenters. The lowest BCUT2D eigenvalue weighted by molar-refractivity contribution is 0.110. The van der Waals surface area contributed by atoms with Crippen molar-refractivity contribution in [3.8, 4) is 5.75 Å². The van der Waals surface area contributed by atoms with Crippen molar-refractivity contribution in [3.63, 3.8) is 0 Å². The third-order valence-corrected chi connectivity index (χ3v) is 2.71. The van der Waals surface area contributed by atoms with Gasteiger partial charge < -0.3 is 14.8 Å². The lowest BCUT2D eigenvalue weighted by Gasteiger charge is -2.16. The fraction of sp³-hybridized carbons (Fsp3) is 0.571. The maximum Gasteiger partial charge on any atom is 0.119 e. The van der Waals surface area contributed by atoms with E-state index in [0.29, 0.717) is 5.92 Å². The minimum Gasteiger partial charge on any atom is -0.497 e. The maximum atomic E-state index is 5.51. The summed E-state index contributed by atoms with van der Waals surface area (Å²) in [4.78, 5) is 0. The molecule has 0 saturated carbocycles. The normalized spacial score (nSPS) is 12.4. The Morgan fingerprint density at radius 3 is 2.82 bits per heavy atom. The second-order valence-electron chi connectivity index (χ2n) is 4.14. The van der Waals surface area contributed by atoms with E-state index in [-0.39, 0.29) is 0 Å². The van der Waals surface area contributed by atoms with E-state index < -0.39 is 0 Å². The third-order valence-electron chi connectivity index (χ3n) is 2.71. The Balaban J connectivity index is 2.57. The van der Waals surface area contributed by atoms with Crippen LogP contribution in [0.1, 0.15) is 12.5 Å². The van der Waals surface area contributed by atoms with Gasteiger partial charge in [-0.3, -0.25) is 0 Å². The molecule has 1 atom stereocenters. The van der Waals surface area contributed by atoms with Gasteiger partial charge in [-0.15, -0.1) is 0 Å². The van der Waals surface area contributed by atoms with Gasteiger partial charge in [-0.2, -0.15) is 0 Å². The molecular weight excluding hydrogens is 214 g/mol. The molecule has 96 valence electrons. The highest BCUT2D eigenvalue weighted by Gasteiger charge is 2.09. The fourth-order valence-electron chi connectivity index (χ4n) is 1.90. The van der Waals surface area contributed by atoms with Crippen molar-refractivity contribution in [2.45, 2.75) is 13.3 Å². The first-order valence-corrected chi connectivity index (χ1v) is 6.15. The summed E-state index contributed by atoms with van der Waals surface area (Å²) < 4.78 is 10.7. The Morgan fingerprint density at radius 2 is 2.18 bits per heavy atom. The van der Waals surface area contributed by atoms with Crippen LogP contribution in [0, 0.1) is 5.92 Å². The maximum absolute atomic E-state index is 5.51. The number of rotatable bonds is 8. The molecule has 17 heavy (non-hydrogen) atoms. The lowest BCUT2D eigenvalue weighted by Crippen LogP contribution is -2.25. The molecule has 0 saturated heterocycles. The van der Waals surface area contributed by atoms with E-state index in [2.05, 4.69) is 17.4 Å². The Bertz CT molecular complexity index is 315. The van der Waals surface area contributed by atoms with Crippen LogP contribution in [0.4, 0.5) is 0 Å². The van der Waals surface area contributed by atoms with Crippen molar-refractivity contribution < 1.29 is 9.47 Å². The topological polar surface area (TPSA) is 30.5 Å². The van der Waals surface area contributed by atoms with E-state index in [0.717, 1.165) is 31.9 Å². The van der Waals surface area contributed by atoms with Crippen LogP contribution in [0.3, 0.4) is 0 Å². The van der Waals surface area contributed by atoms with Crippen LogP contribution in [0.2, 0.25) is 0 Å². The minimum absolute atomic E-state index is 0.507. The molecule has 0 spiro atoms.